The second-order valence-corrected chi connectivity index (χ2v) is 7.00. The van der Waals surface area contributed by atoms with Crippen LogP contribution in [-0.2, 0) is 6.54 Å². The molecule has 0 spiro atoms. The van der Waals surface area contributed by atoms with E-state index in [1.54, 1.807) is 23.1 Å². The summed E-state index contributed by atoms with van der Waals surface area (Å²) in [5.41, 5.74) is 3.20. The van der Waals surface area contributed by atoms with Gasteiger partial charge in [0.2, 0.25) is 0 Å². The molecule has 0 radical (unpaired) electrons. The topological polar surface area (TPSA) is 98.5 Å². The number of para-hydroxylation sites is 1. The van der Waals surface area contributed by atoms with Crippen molar-refractivity contribution in [3.05, 3.63) is 99.1 Å². The van der Waals surface area contributed by atoms with Crippen LogP contribution in [0.5, 0.6) is 5.75 Å². The predicted molar refractivity (Wildman–Crippen MR) is 106 cm³/mol. The highest BCUT2D eigenvalue weighted by Gasteiger charge is 2.33. The minimum Gasteiger partial charge on any atom is -0.868 e. The second-order valence-electron chi connectivity index (χ2n) is 7.00. The van der Waals surface area contributed by atoms with Crippen LogP contribution in [0.15, 0.2) is 66.7 Å². The van der Waals surface area contributed by atoms with Crippen molar-refractivity contribution in [1.82, 2.24) is 4.90 Å². The molecule has 3 aromatic carbocycles. The molecular weight excluding hydrogens is 370 g/mol. The lowest BCUT2D eigenvalue weighted by Gasteiger charge is -2.38. The summed E-state index contributed by atoms with van der Waals surface area (Å²) in [7, 11) is 0. The van der Waals surface area contributed by atoms with Crippen LogP contribution in [-0.4, -0.2) is 15.7 Å². The average molecular weight is 388 g/mol. The fourth-order valence-electron chi connectivity index (χ4n) is 3.46. The van der Waals surface area contributed by atoms with E-state index in [-0.39, 0.29) is 5.91 Å². The SMILES string of the molecule is Cc1ccc(CN2C(=O)c3ccccc3N[C@H]2c2ccc([O-])c([N+](=O)[O-])c2)cc1. The molecule has 0 unspecified atom stereocenters. The van der Waals surface area contributed by atoms with Gasteiger partial charge in [-0.2, -0.15) is 0 Å². The lowest BCUT2D eigenvalue weighted by Crippen LogP contribution is -2.42. The first kappa shape index (κ1) is 18.5. The van der Waals surface area contributed by atoms with E-state index >= 15 is 0 Å². The van der Waals surface area contributed by atoms with Gasteiger partial charge in [-0.05, 0) is 30.4 Å². The Labute approximate surface area is 167 Å². The molecule has 3 aromatic rings. The van der Waals surface area contributed by atoms with Gasteiger partial charge in [0, 0.05) is 23.9 Å². The summed E-state index contributed by atoms with van der Waals surface area (Å²) in [5.74, 6) is -0.842. The van der Waals surface area contributed by atoms with Crippen molar-refractivity contribution in [3.63, 3.8) is 0 Å². The Morgan fingerprint density at radius 2 is 1.79 bits per heavy atom. The number of nitro benzene ring substituents is 1. The van der Waals surface area contributed by atoms with Gasteiger partial charge in [0.1, 0.15) is 6.17 Å². The van der Waals surface area contributed by atoms with E-state index in [9.17, 15) is 20.0 Å². The van der Waals surface area contributed by atoms with Gasteiger partial charge in [0.15, 0.2) is 0 Å². The third-order valence-electron chi connectivity index (χ3n) is 4.99. The number of rotatable bonds is 4. The number of nitrogens with one attached hydrogen (secondary N) is 1. The van der Waals surface area contributed by atoms with E-state index in [2.05, 4.69) is 5.32 Å². The second kappa shape index (κ2) is 7.27. The Kier molecular flexibility index (Phi) is 4.64. The molecule has 1 aliphatic heterocycles. The van der Waals surface area contributed by atoms with Crippen LogP contribution < -0.4 is 10.4 Å². The van der Waals surface area contributed by atoms with Gasteiger partial charge in [0.25, 0.3) is 11.6 Å². The van der Waals surface area contributed by atoms with Crippen LogP contribution in [0.4, 0.5) is 11.4 Å². The van der Waals surface area contributed by atoms with E-state index in [0.717, 1.165) is 11.1 Å². The Balaban J connectivity index is 1.78. The summed E-state index contributed by atoms with van der Waals surface area (Å²) in [6, 6.07) is 18.9. The minimum absolute atomic E-state index is 0.182. The molecule has 0 saturated heterocycles. The fourth-order valence-corrected chi connectivity index (χ4v) is 3.46. The van der Waals surface area contributed by atoms with Crippen LogP contribution in [0.1, 0.15) is 33.2 Å². The number of hydrogen-bond donors (Lipinski definition) is 1. The lowest BCUT2D eigenvalue weighted by atomic mass is 10.0. The molecule has 1 N–H and O–H groups in total. The third-order valence-corrected chi connectivity index (χ3v) is 4.99. The van der Waals surface area contributed by atoms with Crippen molar-refractivity contribution >= 4 is 17.3 Å². The number of carbonyl (C=O) groups is 1. The maximum Gasteiger partial charge on any atom is 0.262 e. The zero-order chi connectivity index (χ0) is 20.5. The van der Waals surface area contributed by atoms with E-state index < -0.39 is 22.5 Å². The largest absolute Gasteiger partial charge is 0.868 e. The Bertz CT molecular complexity index is 1100. The zero-order valence-corrected chi connectivity index (χ0v) is 15.7. The highest BCUT2D eigenvalue weighted by molar-refractivity contribution is 6.01. The summed E-state index contributed by atoms with van der Waals surface area (Å²) in [4.78, 5) is 25.4. The molecule has 1 atom stereocenters. The Morgan fingerprint density at radius 3 is 2.52 bits per heavy atom. The van der Waals surface area contributed by atoms with Gasteiger partial charge in [-0.15, -0.1) is 0 Å². The molecular formula is C22H18N3O4-. The van der Waals surface area contributed by atoms with E-state index in [1.807, 2.05) is 37.3 Å². The van der Waals surface area contributed by atoms with Gasteiger partial charge < -0.3 is 15.3 Å². The van der Waals surface area contributed by atoms with Crippen molar-refractivity contribution in [1.29, 1.82) is 0 Å². The molecule has 1 heterocycles. The van der Waals surface area contributed by atoms with Gasteiger partial charge in [-0.1, -0.05) is 54.1 Å². The number of benzene rings is 3. The minimum atomic E-state index is -0.700. The average Bonchev–Trinajstić information content (AvgIpc) is 2.72. The van der Waals surface area contributed by atoms with Crippen molar-refractivity contribution < 1.29 is 14.8 Å². The molecule has 7 heteroatoms. The van der Waals surface area contributed by atoms with Gasteiger partial charge in [-0.25, -0.2) is 0 Å². The first-order valence-corrected chi connectivity index (χ1v) is 9.11. The normalized spacial score (nSPS) is 15.6. The van der Waals surface area contributed by atoms with E-state index in [0.29, 0.717) is 23.4 Å². The highest BCUT2D eigenvalue weighted by atomic mass is 16.6. The molecule has 0 aliphatic carbocycles. The molecule has 1 amide bonds. The number of amides is 1. The van der Waals surface area contributed by atoms with E-state index in [1.165, 1.54) is 18.2 Å². The predicted octanol–water partition coefficient (Wildman–Crippen LogP) is 3.74. The molecule has 1 aliphatic rings. The van der Waals surface area contributed by atoms with E-state index in [4.69, 9.17) is 0 Å². The van der Waals surface area contributed by atoms with Crippen molar-refractivity contribution in [2.75, 3.05) is 5.32 Å². The quantitative estimate of drug-likeness (QED) is 0.542. The van der Waals surface area contributed by atoms with Crippen LogP contribution in [0.25, 0.3) is 0 Å². The maximum absolute atomic E-state index is 13.2. The van der Waals surface area contributed by atoms with Crippen molar-refractivity contribution in [3.8, 4) is 5.75 Å². The van der Waals surface area contributed by atoms with Gasteiger partial charge in [-0.3, -0.25) is 14.9 Å². The molecule has 0 fully saturated rings. The number of anilines is 1. The monoisotopic (exact) mass is 388 g/mol. The molecule has 146 valence electrons. The lowest BCUT2D eigenvalue weighted by molar-refractivity contribution is -0.398. The molecule has 29 heavy (non-hydrogen) atoms. The highest BCUT2D eigenvalue weighted by Crippen LogP contribution is 2.36. The van der Waals surface area contributed by atoms with Crippen LogP contribution in [0, 0.1) is 17.0 Å². The summed E-state index contributed by atoms with van der Waals surface area (Å²) in [6.07, 6.45) is -0.641. The first-order chi connectivity index (χ1) is 13.9. The summed E-state index contributed by atoms with van der Waals surface area (Å²) in [5, 5.41) is 26.3. The Morgan fingerprint density at radius 1 is 1.07 bits per heavy atom. The molecule has 0 bridgehead atoms. The molecule has 7 nitrogen and oxygen atoms in total. The molecule has 0 aromatic heterocycles. The van der Waals surface area contributed by atoms with Gasteiger partial charge in [0.05, 0.1) is 10.5 Å². The van der Waals surface area contributed by atoms with Crippen LogP contribution in [0.2, 0.25) is 0 Å². The smallest absolute Gasteiger partial charge is 0.262 e. The number of carbonyl (C=O) groups excluding carboxylic acids is 1. The van der Waals surface area contributed by atoms with Crippen molar-refractivity contribution in [2.45, 2.75) is 19.6 Å². The summed E-state index contributed by atoms with van der Waals surface area (Å²) < 4.78 is 0. The summed E-state index contributed by atoms with van der Waals surface area (Å²) in [6.45, 7) is 2.30. The Hall–Kier alpha value is -3.87. The number of hydrogen-bond acceptors (Lipinski definition) is 5. The maximum atomic E-state index is 13.2. The molecule has 0 saturated carbocycles. The van der Waals surface area contributed by atoms with Gasteiger partial charge >= 0.3 is 0 Å². The fraction of sp³-hybridized carbons (Fsp3) is 0.136. The standard InChI is InChI=1S/C22H19N3O4/c1-14-6-8-15(9-7-14)13-24-21(16-10-11-20(26)19(12-16)25(28)29)23-18-5-3-2-4-17(18)22(24)27/h2-12,21,23,26H,13H2,1H3/p-1/t21-/m1/s1. The summed E-state index contributed by atoms with van der Waals surface area (Å²) >= 11 is 0. The number of aryl methyl sites for hydroxylation is 1. The number of nitrogens with zero attached hydrogens (tertiary/aromatic N) is 2. The third kappa shape index (κ3) is 3.50. The zero-order valence-electron chi connectivity index (χ0n) is 15.7. The van der Waals surface area contributed by atoms with Crippen molar-refractivity contribution in [2.24, 2.45) is 0 Å². The number of fused-ring (bicyclic) bond motifs is 1. The molecule has 4 rings (SSSR count). The van der Waals surface area contributed by atoms with Crippen LogP contribution in [0.3, 0.4) is 0 Å². The first-order valence-electron chi connectivity index (χ1n) is 9.11. The number of nitro groups is 1. The van der Waals surface area contributed by atoms with Crippen LogP contribution >= 0.6 is 0 Å².